The normalized spacial score (nSPS) is 24.3. The Morgan fingerprint density at radius 3 is 2.92 bits per heavy atom. The molecule has 2 aromatic rings. The van der Waals surface area contributed by atoms with Gasteiger partial charge in [0.2, 0.25) is 0 Å². The maximum Gasteiger partial charge on any atom is 0.188 e. The molecule has 0 radical (unpaired) electrons. The van der Waals surface area contributed by atoms with Crippen molar-refractivity contribution in [3.63, 3.8) is 0 Å². The highest BCUT2D eigenvalue weighted by atomic mass is 16.5. The minimum absolute atomic E-state index is 0.118. The van der Waals surface area contributed by atoms with E-state index in [1.807, 2.05) is 42.6 Å². The molecule has 0 spiro atoms. The number of piperazine rings is 1. The van der Waals surface area contributed by atoms with Gasteiger partial charge in [0, 0.05) is 25.8 Å². The standard InChI is InChI=1S/C20H25N5O/c1-2-16(19-20(21)26-18-9-4-3-8-15(18)24-19)25-12-11-22-13-17(25)14-7-5-6-10-23-14/h3-10,16-17,20,22H,2,11-13,21H2,1H3. The number of ether oxygens (including phenoxy) is 1. The highest BCUT2D eigenvalue weighted by molar-refractivity contribution is 5.97. The number of rotatable bonds is 4. The van der Waals surface area contributed by atoms with Crippen molar-refractivity contribution in [1.29, 1.82) is 0 Å². The van der Waals surface area contributed by atoms with Gasteiger partial charge in [-0.2, -0.15) is 0 Å². The van der Waals surface area contributed by atoms with Crippen LogP contribution in [-0.4, -0.2) is 47.5 Å². The highest BCUT2D eigenvalue weighted by Gasteiger charge is 2.36. The van der Waals surface area contributed by atoms with E-state index < -0.39 is 6.23 Å². The number of hydrogen-bond acceptors (Lipinski definition) is 6. The van der Waals surface area contributed by atoms with Crippen LogP contribution in [0, 0.1) is 0 Å². The first-order chi connectivity index (χ1) is 12.8. The monoisotopic (exact) mass is 351 g/mol. The molecule has 0 saturated carbocycles. The summed E-state index contributed by atoms with van der Waals surface area (Å²) in [5, 5.41) is 3.49. The van der Waals surface area contributed by atoms with Gasteiger partial charge in [-0.25, -0.2) is 4.99 Å². The molecule has 2 aliphatic rings. The van der Waals surface area contributed by atoms with Crippen LogP contribution in [0.25, 0.3) is 0 Å². The number of hydrogen-bond donors (Lipinski definition) is 2. The number of nitrogens with two attached hydrogens (primary N) is 1. The summed E-state index contributed by atoms with van der Waals surface area (Å²) >= 11 is 0. The predicted molar refractivity (Wildman–Crippen MR) is 103 cm³/mol. The maximum atomic E-state index is 6.35. The molecule has 6 nitrogen and oxygen atoms in total. The molecular formula is C20H25N5O. The summed E-state index contributed by atoms with van der Waals surface area (Å²) in [4.78, 5) is 11.9. The fourth-order valence-electron chi connectivity index (χ4n) is 3.87. The summed E-state index contributed by atoms with van der Waals surface area (Å²) in [7, 11) is 0. The Morgan fingerprint density at radius 1 is 1.27 bits per heavy atom. The quantitative estimate of drug-likeness (QED) is 0.884. The molecule has 3 N–H and O–H groups in total. The lowest BCUT2D eigenvalue weighted by Crippen LogP contribution is -2.57. The second-order valence-electron chi connectivity index (χ2n) is 6.68. The number of fused-ring (bicyclic) bond motifs is 1. The van der Waals surface area contributed by atoms with E-state index in [0.29, 0.717) is 0 Å². The van der Waals surface area contributed by atoms with Crippen LogP contribution in [0.15, 0.2) is 53.7 Å². The molecule has 0 bridgehead atoms. The second-order valence-corrected chi connectivity index (χ2v) is 6.68. The summed E-state index contributed by atoms with van der Waals surface area (Å²) < 4.78 is 5.95. The van der Waals surface area contributed by atoms with E-state index in [1.165, 1.54) is 0 Å². The number of nitrogens with zero attached hydrogens (tertiary/aromatic N) is 3. The fraction of sp³-hybridized carbons (Fsp3) is 0.400. The van der Waals surface area contributed by atoms with Gasteiger partial charge < -0.3 is 10.1 Å². The van der Waals surface area contributed by atoms with Crippen LogP contribution in [0.5, 0.6) is 5.75 Å². The molecule has 3 heterocycles. The highest BCUT2D eigenvalue weighted by Crippen LogP contribution is 2.34. The van der Waals surface area contributed by atoms with E-state index in [2.05, 4.69) is 28.2 Å². The van der Waals surface area contributed by atoms with Crippen molar-refractivity contribution in [2.75, 3.05) is 19.6 Å². The van der Waals surface area contributed by atoms with Crippen molar-refractivity contribution in [2.45, 2.75) is 31.7 Å². The van der Waals surface area contributed by atoms with Crippen molar-refractivity contribution in [2.24, 2.45) is 10.7 Å². The van der Waals surface area contributed by atoms with Crippen molar-refractivity contribution >= 4 is 11.4 Å². The number of aliphatic imine (C=N–C) groups is 1. The Kier molecular flexibility index (Phi) is 4.97. The summed E-state index contributed by atoms with van der Waals surface area (Å²) in [5.41, 5.74) is 9.17. The Bertz CT molecular complexity index is 779. The lowest BCUT2D eigenvalue weighted by molar-refractivity contribution is 0.125. The third kappa shape index (κ3) is 3.23. The third-order valence-corrected chi connectivity index (χ3v) is 5.10. The fourth-order valence-corrected chi connectivity index (χ4v) is 3.87. The topological polar surface area (TPSA) is 75.8 Å². The Labute approximate surface area is 154 Å². The van der Waals surface area contributed by atoms with Crippen LogP contribution in [0.4, 0.5) is 5.69 Å². The number of benzene rings is 1. The Morgan fingerprint density at radius 2 is 2.12 bits per heavy atom. The van der Waals surface area contributed by atoms with Gasteiger partial charge in [-0.05, 0) is 30.7 Å². The molecule has 3 unspecified atom stereocenters. The van der Waals surface area contributed by atoms with Crippen molar-refractivity contribution in [3.05, 3.63) is 54.4 Å². The van der Waals surface area contributed by atoms with Crippen molar-refractivity contribution in [3.8, 4) is 5.75 Å². The van der Waals surface area contributed by atoms with Crippen molar-refractivity contribution in [1.82, 2.24) is 15.2 Å². The third-order valence-electron chi connectivity index (χ3n) is 5.10. The van der Waals surface area contributed by atoms with Gasteiger partial charge in [0.1, 0.15) is 11.4 Å². The molecule has 1 aromatic carbocycles. The number of aromatic nitrogens is 1. The van der Waals surface area contributed by atoms with E-state index in [0.717, 1.165) is 48.9 Å². The molecule has 4 rings (SSSR count). The average molecular weight is 351 g/mol. The molecule has 26 heavy (non-hydrogen) atoms. The largest absolute Gasteiger partial charge is 0.468 e. The summed E-state index contributed by atoms with van der Waals surface area (Å²) in [6.07, 6.45) is 2.25. The molecule has 0 amide bonds. The molecule has 136 valence electrons. The maximum absolute atomic E-state index is 6.35. The van der Waals surface area contributed by atoms with E-state index in [4.69, 9.17) is 15.5 Å². The van der Waals surface area contributed by atoms with Gasteiger partial charge in [0.25, 0.3) is 0 Å². The predicted octanol–water partition coefficient (Wildman–Crippen LogP) is 2.26. The molecule has 3 atom stereocenters. The molecule has 2 aliphatic heterocycles. The molecule has 1 saturated heterocycles. The molecule has 0 aliphatic carbocycles. The van der Waals surface area contributed by atoms with Crippen molar-refractivity contribution < 1.29 is 4.74 Å². The zero-order valence-corrected chi connectivity index (χ0v) is 15.0. The summed E-state index contributed by atoms with van der Waals surface area (Å²) in [5.74, 6) is 0.750. The second kappa shape index (κ2) is 7.53. The van der Waals surface area contributed by atoms with Crippen LogP contribution in [0.3, 0.4) is 0 Å². The van der Waals surface area contributed by atoms with E-state index >= 15 is 0 Å². The van der Waals surface area contributed by atoms with Gasteiger partial charge in [0.05, 0.1) is 23.5 Å². The number of para-hydroxylation sites is 2. The Balaban J connectivity index is 1.68. The van der Waals surface area contributed by atoms with Crippen LogP contribution in [0.1, 0.15) is 25.1 Å². The van der Waals surface area contributed by atoms with Gasteiger partial charge in [-0.3, -0.25) is 15.6 Å². The zero-order chi connectivity index (χ0) is 17.9. The van der Waals surface area contributed by atoms with Crippen LogP contribution >= 0.6 is 0 Å². The van der Waals surface area contributed by atoms with Crippen LogP contribution < -0.4 is 15.8 Å². The Hall–Kier alpha value is -2.28. The molecule has 1 fully saturated rings. The first-order valence-corrected chi connectivity index (χ1v) is 9.25. The zero-order valence-electron chi connectivity index (χ0n) is 15.0. The molecular weight excluding hydrogens is 326 g/mol. The van der Waals surface area contributed by atoms with Gasteiger partial charge in [0.15, 0.2) is 6.23 Å². The van der Waals surface area contributed by atoms with Gasteiger partial charge in [-0.1, -0.05) is 25.1 Å². The minimum atomic E-state index is -0.519. The van der Waals surface area contributed by atoms with E-state index in [1.54, 1.807) is 0 Å². The first-order valence-electron chi connectivity index (χ1n) is 9.25. The van der Waals surface area contributed by atoms with Gasteiger partial charge >= 0.3 is 0 Å². The van der Waals surface area contributed by atoms with Gasteiger partial charge in [-0.15, -0.1) is 0 Å². The smallest absolute Gasteiger partial charge is 0.188 e. The first kappa shape index (κ1) is 17.1. The van der Waals surface area contributed by atoms with E-state index in [9.17, 15) is 0 Å². The lowest BCUT2D eigenvalue weighted by atomic mass is 9.99. The number of nitrogens with one attached hydrogen (secondary N) is 1. The lowest BCUT2D eigenvalue weighted by Gasteiger charge is -2.42. The number of pyridine rings is 1. The minimum Gasteiger partial charge on any atom is -0.468 e. The summed E-state index contributed by atoms with van der Waals surface area (Å²) in [6, 6.07) is 14.2. The summed E-state index contributed by atoms with van der Waals surface area (Å²) in [6.45, 7) is 4.92. The van der Waals surface area contributed by atoms with Crippen LogP contribution in [-0.2, 0) is 0 Å². The average Bonchev–Trinajstić information content (AvgIpc) is 2.70. The SMILES string of the molecule is CCC(C1=Nc2ccccc2OC1N)N1CCNCC1c1ccccn1. The molecule has 1 aromatic heterocycles. The molecule has 6 heteroatoms. The van der Waals surface area contributed by atoms with E-state index in [-0.39, 0.29) is 12.1 Å². The van der Waals surface area contributed by atoms with Crippen LogP contribution in [0.2, 0.25) is 0 Å².